The minimum atomic E-state index is 0.682. The van der Waals surface area contributed by atoms with E-state index in [1.165, 1.54) is 25.7 Å². The Morgan fingerprint density at radius 3 is 2.14 bits per heavy atom. The highest BCUT2D eigenvalue weighted by atomic mass is 32.2. The van der Waals surface area contributed by atoms with Gasteiger partial charge >= 0.3 is 0 Å². The van der Waals surface area contributed by atoms with Crippen molar-refractivity contribution in [3.8, 4) is 0 Å². The average molecular weight is 308 g/mol. The third kappa shape index (κ3) is 2.80. The van der Waals surface area contributed by atoms with Crippen LogP contribution in [0.4, 0.5) is 0 Å². The summed E-state index contributed by atoms with van der Waals surface area (Å²) in [6.45, 7) is 2.54. The van der Waals surface area contributed by atoms with Crippen molar-refractivity contribution in [3.05, 3.63) is 0 Å². The van der Waals surface area contributed by atoms with E-state index in [0.717, 1.165) is 35.1 Å². The molecular weight excluding hydrogens is 274 g/mol. The Kier molecular flexibility index (Phi) is 4.07. The first kappa shape index (κ1) is 14.9. The molecule has 5 saturated carbocycles. The van der Waals surface area contributed by atoms with Crippen LogP contribution in [0, 0.1) is 23.2 Å². The van der Waals surface area contributed by atoms with Crippen molar-refractivity contribution in [2.75, 3.05) is 6.26 Å². The zero-order valence-corrected chi connectivity index (χ0v) is 14.8. The maximum atomic E-state index is 4.13. The molecule has 4 bridgehead atoms. The van der Waals surface area contributed by atoms with E-state index in [2.05, 4.69) is 30.3 Å². The second kappa shape index (κ2) is 5.74. The number of nitrogens with one attached hydrogen (secondary N) is 1. The van der Waals surface area contributed by atoms with Crippen LogP contribution in [0.25, 0.3) is 0 Å². The van der Waals surface area contributed by atoms with Crippen LogP contribution in [0.15, 0.2) is 0 Å². The molecule has 5 aliphatic carbocycles. The Balaban J connectivity index is 1.41. The molecule has 0 aromatic heterocycles. The lowest BCUT2D eigenvalue weighted by molar-refractivity contribution is -0.0726. The van der Waals surface area contributed by atoms with Crippen molar-refractivity contribution in [2.24, 2.45) is 23.2 Å². The van der Waals surface area contributed by atoms with Crippen LogP contribution in [-0.4, -0.2) is 23.6 Å². The number of rotatable bonds is 4. The summed E-state index contributed by atoms with van der Waals surface area (Å²) in [7, 11) is 0. The Hall–Kier alpha value is 0.310. The Bertz CT molecular complexity index is 344. The fourth-order valence-electron chi connectivity index (χ4n) is 6.75. The monoisotopic (exact) mass is 307 g/mol. The topological polar surface area (TPSA) is 12.0 Å². The van der Waals surface area contributed by atoms with Crippen LogP contribution in [0.1, 0.15) is 71.1 Å². The first-order valence-corrected chi connectivity index (χ1v) is 10.7. The lowest BCUT2D eigenvalue weighted by Crippen LogP contribution is -2.57. The average Bonchev–Trinajstić information content (AvgIpc) is 2.46. The van der Waals surface area contributed by atoms with Crippen molar-refractivity contribution < 1.29 is 0 Å². The molecule has 0 saturated heterocycles. The molecule has 1 nitrogen and oxygen atoms in total. The molecule has 21 heavy (non-hydrogen) atoms. The smallest absolute Gasteiger partial charge is 0.00980 e. The van der Waals surface area contributed by atoms with E-state index in [-0.39, 0.29) is 0 Å². The molecule has 2 heteroatoms. The zero-order chi connectivity index (χ0) is 14.4. The Labute approximate surface area is 135 Å². The fourth-order valence-corrected chi connectivity index (χ4v) is 7.58. The summed E-state index contributed by atoms with van der Waals surface area (Å²) in [5.41, 5.74) is 0.682. The van der Waals surface area contributed by atoms with E-state index in [4.69, 9.17) is 0 Å². The molecule has 5 fully saturated rings. The molecule has 3 atom stereocenters. The van der Waals surface area contributed by atoms with E-state index in [1.54, 1.807) is 38.5 Å². The summed E-state index contributed by atoms with van der Waals surface area (Å²) >= 11 is 2.10. The van der Waals surface area contributed by atoms with Gasteiger partial charge in [-0.15, -0.1) is 0 Å². The van der Waals surface area contributed by atoms with Gasteiger partial charge in [-0.25, -0.2) is 0 Å². The highest BCUT2D eigenvalue weighted by Gasteiger charge is 2.53. The normalized spacial score (nSPS) is 50.3. The van der Waals surface area contributed by atoms with Crippen molar-refractivity contribution >= 4 is 11.8 Å². The predicted octanol–water partition coefficient (Wildman–Crippen LogP) is 4.86. The van der Waals surface area contributed by atoms with Crippen molar-refractivity contribution in [2.45, 2.75) is 88.5 Å². The lowest BCUT2D eigenvalue weighted by Gasteiger charge is -2.59. The van der Waals surface area contributed by atoms with Gasteiger partial charge in [-0.1, -0.05) is 6.42 Å². The second-order valence-corrected chi connectivity index (χ2v) is 10.0. The SMILES string of the molecule is CSC1CCCC(NC(C)C23CC4CC(CC(C4)C2)C3)C1. The first-order valence-electron chi connectivity index (χ1n) is 9.46. The number of hydrogen-bond donors (Lipinski definition) is 1. The van der Waals surface area contributed by atoms with Gasteiger partial charge in [0.25, 0.3) is 0 Å². The molecule has 0 aliphatic heterocycles. The van der Waals surface area contributed by atoms with E-state index < -0.39 is 0 Å². The molecule has 0 aromatic carbocycles. The maximum Gasteiger partial charge on any atom is 0.00980 e. The standard InChI is InChI=1S/C19H33NS/c1-13(20-17-4-3-5-18(9-17)21-2)19-10-14-6-15(11-19)8-16(7-14)12-19/h13-18,20H,3-12H2,1-2H3. The number of thioether (sulfide) groups is 1. The highest BCUT2D eigenvalue weighted by molar-refractivity contribution is 7.99. The summed E-state index contributed by atoms with van der Waals surface area (Å²) < 4.78 is 0. The molecule has 0 amide bonds. The second-order valence-electron chi connectivity index (χ2n) is 8.89. The van der Waals surface area contributed by atoms with Gasteiger partial charge in [0, 0.05) is 17.3 Å². The summed E-state index contributed by atoms with van der Waals surface area (Å²) in [5.74, 6) is 3.27. The highest BCUT2D eigenvalue weighted by Crippen LogP contribution is 2.61. The lowest BCUT2D eigenvalue weighted by atomic mass is 9.48. The van der Waals surface area contributed by atoms with Crippen LogP contribution >= 0.6 is 11.8 Å². The molecule has 1 N–H and O–H groups in total. The van der Waals surface area contributed by atoms with Gasteiger partial charge in [0.05, 0.1) is 0 Å². The van der Waals surface area contributed by atoms with Crippen LogP contribution < -0.4 is 5.32 Å². The van der Waals surface area contributed by atoms with Crippen molar-refractivity contribution in [1.82, 2.24) is 5.32 Å². The molecule has 0 aromatic rings. The molecule has 120 valence electrons. The van der Waals surface area contributed by atoms with Crippen LogP contribution in [0.2, 0.25) is 0 Å². The van der Waals surface area contributed by atoms with E-state index in [9.17, 15) is 0 Å². The van der Waals surface area contributed by atoms with Crippen LogP contribution in [0.5, 0.6) is 0 Å². The summed E-state index contributed by atoms with van der Waals surface area (Å²) in [6.07, 6.45) is 17.4. The van der Waals surface area contributed by atoms with Crippen LogP contribution in [-0.2, 0) is 0 Å². The molecule has 0 spiro atoms. The first-order chi connectivity index (χ1) is 10.2. The molecule has 5 rings (SSSR count). The zero-order valence-electron chi connectivity index (χ0n) is 13.9. The number of hydrogen-bond acceptors (Lipinski definition) is 2. The van der Waals surface area contributed by atoms with Crippen molar-refractivity contribution in [3.63, 3.8) is 0 Å². The molecule has 0 heterocycles. The van der Waals surface area contributed by atoms with Gasteiger partial charge in [-0.2, -0.15) is 11.8 Å². The van der Waals surface area contributed by atoms with Gasteiger partial charge in [0.1, 0.15) is 0 Å². The van der Waals surface area contributed by atoms with Gasteiger partial charge in [0.2, 0.25) is 0 Å². The maximum absolute atomic E-state index is 4.13. The Morgan fingerprint density at radius 2 is 1.57 bits per heavy atom. The largest absolute Gasteiger partial charge is 0.311 e. The molecule has 5 aliphatic rings. The summed E-state index contributed by atoms with van der Waals surface area (Å²) in [5, 5.41) is 5.04. The predicted molar refractivity (Wildman–Crippen MR) is 92.8 cm³/mol. The van der Waals surface area contributed by atoms with Gasteiger partial charge in [0.15, 0.2) is 0 Å². The molecule has 0 radical (unpaired) electrons. The van der Waals surface area contributed by atoms with Crippen molar-refractivity contribution in [1.29, 1.82) is 0 Å². The van der Waals surface area contributed by atoms with Gasteiger partial charge < -0.3 is 5.32 Å². The minimum absolute atomic E-state index is 0.682. The Morgan fingerprint density at radius 1 is 0.952 bits per heavy atom. The quantitative estimate of drug-likeness (QED) is 0.796. The van der Waals surface area contributed by atoms with E-state index in [0.29, 0.717) is 5.41 Å². The minimum Gasteiger partial charge on any atom is -0.311 e. The fraction of sp³-hybridized carbons (Fsp3) is 1.00. The van der Waals surface area contributed by atoms with Gasteiger partial charge in [-0.05, 0) is 94.1 Å². The summed E-state index contributed by atoms with van der Waals surface area (Å²) in [6, 6.07) is 1.57. The summed E-state index contributed by atoms with van der Waals surface area (Å²) in [4.78, 5) is 0. The van der Waals surface area contributed by atoms with Gasteiger partial charge in [-0.3, -0.25) is 0 Å². The molecule has 3 unspecified atom stereocenters. The van der Waals surface area contributed by atoms with E-state index in [1.807, 2.05) is 0 Å². The third-order valence-corrected chi connectivity index (χ3v) is 8.54. The molecular formula is C19H33NS. The third-order valence-electron chi connectivity index (χ3n) is 7.45. The van der Waals surface area contributed by atoms with Crippen LogP contribution in [0.3, 0.4) is 0 Å². The van der Waals surface area contributed by atoms with E-state index >= 15 is 0 Å².